The summed E-state index contributed by atoms with van der Waals surface area (Å²) in [4.78, 5) is 15.5. The first-order valence-corrected chi connectivity index (χ1v) is 6.30. The molecule has 4 heteroatoms. The van der Waals surface area contributed by atoms with Crippen LogP contribution in [0.15, 0.2) is 53.7 Å². The summed E-state index contributed by atoms with van der Waals surface area (Å²) < 4.78 is 5.55. The Morgan fingerprint density at radius 3 is 2.95 bits per heavy atom. The lowest BCUT2D eigenvalue weighted by atomic mass is 9.97. The van der Waals surface area contributed by atoms with Gasteiger partial charge in [-0.25, -0.2) is 4.79 Å². The number of carboxylic acid groups (broad SMARTS) is 1. The highest BCUT2D eigenvalue weighted by molar-refractivity contribution is 5.97. The maximum Gasteiger partial charge on any atom is 0.336 e. The van der Waals surface area contributed by atoms with Gasteiger partial charge < -0.3 is 9.84 Å². The Morgan fingerprint density at radius 1 is 1.35 bits per heavy atom. The molecule has 0 unspecified atom stereocenters. The molecule has 1 aromatic carbocycles. The number of hydrogen-bond donors (Lipinski definition) is 1. The van der Waals surface area contributed by atoms with Crippen molar-refractivity contribution in [3.8, 4) is 5.75 Å². The molecule has 0 aliphatic carbocycles. The number of carboxylic acids is 1. The SMILES string of the molecule is CCOc1cccc(C(=O)O)c1C1=C/C=C\C=NC=C1. The number of allylic oxidation sites excluding steroid dienone is 5. The highest BCUT2D eigenvalue weighted by Crippen LogP contribution is 2.31. The van der Waals surface area contributed by atoms with E-state index in [-0.39, 0.29) is 5.56 Å². The second-order valence-corrected chi connectivity index (χ2v) is 4.04. The summed E-state index contributed by atoms with van der Waals surface area (Å²) in [7, 11) is 0. The minimum Gasteiger partial charge on any atom is -0.493 e. The van der Waals surface area contributed by atoms with Gasteiger partial charge in [-0.05, 0) is 36.8 Å². The van der Waals surface area contributed by atoms with Crippen molar-refractivity contribution in [3.05, 3.63) is 59.8 Å². The van der Waals surface area contributed by atoms with Gasteiger partial charge in [0.15, 0.2) is 0 Å². The molecule has 0 aromatic heterocycles. The van der Waals surface area contributed by atoms with Gasteiger partial charge in [-0.3, -0.25) is 4.99 Å². The van der Waals surface area contributed by atoms with Crippen LogP contribution in [0.2, 0.25) is 0 Å². The number of nitrogens with zero attached hydrogens (tertiary/aromatic N) is 1. The van der Waals surface area contributed by atoms with Crippen molar-refractivity contribution in [3.63, 3.8) is 0 Å². The van der Waals surface area contributed by atoms with Gasteiger partial charge in [0.25, 0.3) is 0 Å². The maximum absolute atomic E-state index is 11.4. The maximum atomic E-state index is 11.4. The molecule has 1 heterocycles. The minimum atomic E-state index is -0.981. The van der Waals surface area contributed by atoms with Gasteiger partial charge >= 0.3 is 5.97 Å². The number of ether oxygens (including phenoxy) is 1. The fourth-order valence-electron chi connectivity index (χ4n) is 1.94. The highest BCUT2D eigenvalue weighted by Gasteiger charge is 2.17. The standard InChI is InChI=1S/C16H15NO3/c1-2-20-14-8-5-7-13(16(18)19)15(14)12-6-3-4-10-17-11-9-12/h3-11H,2H2,1H3,(H,18,19)/b4-3-,6-3?,10-4?,11-9?,12-6?,12-9?,17-10?,17-11?. The summed E-state index contributed by atoms with van der Waals surface area (Å²) in [6.07, 6.45) is 10.5. The largest absolute Gasteiger partial charge is 0.493 e. The van der Waals surface area contributed by atoms with Crippen molar-refractivity contribution < 1.29 is 14.6 Å². The third-order valence-corrected chi connectivity index (χ3v) is 2.74. The number of benzene rings is 1. The molecule has 0 atom stereocenters. The third kappa shape index (κ3) is 3.03. The molecule has 0 spiro atoms. The summed E-state index contributed by atoms with van der Waals surface area (Å²) in [5, 5.41) is 9.36. The van der Waals surface area contributed by atoms with E-state index in [1.54, 1.807) is 42.8 Å². The summed E-state index contributed by atoms with van der Waals surface area (Å²) in [5.41, 5.74) is 1.53. The van der Waals surface area contributed by atoms with E-state index in [1.807, 2.05) is 19.1 Å². The second-order valence-electron chi connectivity index (χ2n) is 4.04. The first kappa shape index (κ1) is 13.8. The molecule has 0 amide bonds. The summed E-state index contributed by atoms with van der Waals surface area (Å²) >= 11 is 0. The van der Waals surface area contributed by atoms with Crippen molar-refractivity contribution in [2.75, 3.05) is 6.61 Å². The van der Waals surface area contributed by atoms with Gasteiger partial charge in [0.2, 0.25) is 0 Å². The number of rotatable bonds is 4. The van der Waals surface area contributed by atoms with Crippen molar-refractivity contribution >= 4 is 17.8 Å². The quantitative estimate of drug-likeness (QED) is 0.912. The van der Waals surface area contributed by atoms with E-state index in [9.17, 15) is 9.90 Å². The lowest BCUT2D eigenvalue weighted by molar-refractivity contribution is 0.0696. The molecule has 0 radical (unpaired) electrons. The zero-order chi connectivity index (χ0) is 14.4. The smallest absolute Gasteiger partial charge is 0.336 e. The first-order valence-electron chi connectivity index (χ1n) is 6.30. The second kappa shape index (κ2) is 6.52. The van der Waals surface area contributed by atoms with Crippen LogP contribution in [0, 0.1) is 0 Å². The molecule has 4 nitrogen and oxygen atoms in total. The normalized spacial score (nSPS) is 15.2. The van der Waals surface area contributed by atoms with Crippen LogP contribution in [0.3, 0.4) is 0 Å². The average molecular weight is 269 g/mol. The van der Waals surface area contributed by atoms with E-state index in [4.69, 9.17) is 4.74 Å². The third-order valence-electron chi connectivity index (χ3n) is 2.74. The molecule has 1 N–H and O–H groups in total. The predicted molar refractivity (Wildman–Crippen MR) is 79.3 cm³/mol. The van der Waals surface area contributed by atoms with E-state index in [1.165, 1.54) is 0 Å². The van der Waals surface area contributed by atoms with E-state index < -0.39 is 5.97 Å². The van der Waals surface area contributed by atoms with E-state index in [0.29, 0.717) is 17.9 Å². The fraction of sp³-hybridized carbons (Fsp3) is 0.125. The van der Waals surface area contributed by atoms with Crippen LogP contribution in [0.4, 0.5) is 0 Å². The molecule has 0 bridgehead atoms. The molecule has 0 saturated carbocycles. The van der Waals surface area contributed by atoms with Crippen molar-refractivity contribution in [1.29, 1.82) is 0 Å². The lowest BCUT2D eigenvalue weighted by Crippen LogP contribution is -2.05. The number of aromatic carboxylic acids is 1. The van der Waals surface area contributed by atoms with Crippen LogP contribution in [0.1, 0.15) is 22.8 Å². The van der Waals surface area contributed by atoms with Crippen LogP contribution in [0.25, 0.3) is 5.57 Å². The predicted octanol–water partition coefficient (Wildman–Crippen LogP) is 3.32. The van der Waals surface area contributed by atoms with E-state index in [0.717, 1.165) is 5.57 Å². The van der Waals surface area contributed by atoms with Gasteiger partial charge in [0.1, 0.15) is 5.75 Å². The Morgan fingerprint density at radius 2 is 2.20 bits per heavy atom. The van der Waals surface area contributed by atoms with Crippen LogP contribution >= 0.6 is 0 Å². The Hall–Kier alpha value is -2.62. The molecular formula is C16H15NO3. The fourth-order valence-corrected chi connectivity index (χ4v) is 1.94. The van der Waals surface area contributed by atoms with Crippen LogP contribution in [0.5, 0.6) is 5.75 Å². The van der Waals surface area contributed by atoms with Gasteiger partial charge in [-0.1, -0.05) is 18.2 Å². The molecule has 1 aromatic rings. The first-order chi connectivity index (χ1) is 9.74. The molecular weight excluding hydrogens is 254 g/mol. The summed E-state index contributed by atoms with van der Waals surface area (Å²) in [6.45, 7) is 2.34. The number of carbonyl (C=O) groups is 1. The van der Waals surface area contributed by atoms with Gasteiger partial charge in [-0.2, -0.15) is 0 Å². The van der Waals surface area contributed by atoms with E-state index >= 15 is 0 Å². The molecule has 2 rings (SSSR count). The Balaban J connectivity index is 2.60. The number of aliphatic imine (C=N–C) groups is 1. The zero-order valence-electron chi connectivity index (χ0n) is 11.1. The van der Waals surface area contributed by atoms with Gasteiger partial charge in [-0.15, -0.1) is 0 Å². The summed E-state index contributed by atoms with van der Waals surface area (Å²) in [6, 6.07) is 5.02. The lowest BCUT2D eigenvalue weighted by Gasteiger charge is -2.13. The Kier molecular flexibility index (Phi) is 4.50. The Labute approximate surface area is 117 Å². The monoisotopic (exact) mass is 269 g/mol. The molecule has 102 valence electrons. The Bertz CT molecular complexity index is 625. The van der Waals surface area contributed by atoms with Crippen molar-refractivity contribution in [1.82, 2.24) is 0 Å². The highest BCUT2D eigenvalue weighted by atomic mass is 16.5. The van der Waals surface area contributed by atoms with Gasteiger partial charge in [0.05, 0.1) is 12.2 Å². The van der Waals surface area contributed by atoms with Crippen LogP contribution < -0.4 is 4.74 Å². The van der Waals surface area contributed by atoms with Crippen LogP contribution in [-0.4, -0.2) is 23.9 Å². The van der Waals surface area contributed by atoms with E-state index in [2.05, 4.69) is 4.99 Å². The number of hydrogen-bond acceptors (Lipinski definition) is 3. The van der Waals surface area contributed by atoms with Crippen LogP contribution in [-0.2, 0) is 0 Å². The van der Waals surface area contributed by atoms with Crippen molar-refractivity contribution in [2.45, 2.75) is 6.92 Å². The molecule has 20 heavy (non-hydrogen) atoms. The zero-order valence-corrected chi connectivity index (χ0v) is 11.1. The average Bonchev–Trinajstić information content (AvgIpc) is 2.39. The minimum absolute atomic E-state index is 0.213. The molecule has 0 saturated heterocycles. The van der Waals surface area contributed by atoms with Gasteiger partial charge in [0, 0.05) is 18.0 Å². The summed E-state index contributed by atoms with van der Waals surface area (Å²) in [5.74, 6) is -0.424. The molecule has 1 aliphatic heterocycles. The molecule has 1 aliphatic rings. The topological polar surface area (TPSA) is 58.9 Å². The molecule has 0 fully saturated rings. The van der Waals surface area contributed by atoms with Crippen molar-refractivity contribution in [2.24, 2.45) is 4.99 Å².